The molecule has 0 radical (unpaired) electrons. The summed E-state index contributed by atoms with van der Waals surface area (Å²) in [6, 6.07) is 1.63. The largest absolute Gasteiger partial charge is 0.396 e. The number of nitrogens with zero attached hydrogens (tertiary/aromatic N) is 2. The summed E-state index contributed by atoms with van der Waals surface area (Å²) in [7, 11) is 3.34. The lowest BCUT2D eigenvalue weighted by Crippen LogP contribution is -2.32. The molecule has 1 aromatic heterocycles. The highest BCUT2D eigenvalue weighted by Gasteiger charge is 2.12. The summed E-state index contributed by atoms with van der Waals surface area (Å²) < 4.78 is 4.84. The Bertz CT molecular complexity index is 349. The third-order valence-electron chi connectivity index (χ3n) is 2.07. The van der Waals surface area contributed by atoms with Gasteiger partial charge in [0.25, 0.3) is 0 Å². The van der Waals surface area contributed by atoms with E-state index < -0.39 is 6.10 Å². The van der Waals surface area contributed by atoms with Gasteiger partial charge >= 0.3 is 0 Å². The summed E-state index contributed by atoms with van der Waals surface area (Å²) in [6.07, 6.45) is 0.943. The first-order valence-corrected chi connectivity index (χ1v) is 5.21. The van der Waals surface area contributed by atoms with Crippen LogP contribution in [0.2, 0.25) is 5.02 Å². The summed E-state index contributed by atoms with van der Waals surface area (Å²) in [5.74, 6) is 0.597. The second-order valence-corrected chi connectivity index (χ2v) is 3.99. The number of anilines is 2. The highest BCUT2D eigenvalue weighted by molar-refractivity contribution is 6.30. The minimum atomic E-state index is -0.577. The van der Waals surface area contributed by atoms with Gasteiger partial charge in [-0.3, -0.25) is 0 Å². The molecule has 0 saturated carbocycles. The van der Waals surface area contributed by atoms with Crippen molar-refractivity contribution in [1.29, 1.82) is 0 Å². The normalized spacial score (nSPS) is 12.5. The lowest BCUT2D eigenvalue weighted by atomic mass is 10.3. The second-order valence-electron chi connectivity index (χ2n) is 3.56. The maximum absolute atomic E-state index is 9.57. The van der Waals surface area contributed by atoms with Crippen LogP contribution < -0.4 is 10.6 Å². The number of pyridine rings is 1. The van der Waals surface area contributed by atoms with Crippen molar-refractivity contribution in [3.63, 3.8) is 0 Å². The molecular weight excluding hydrogens is 230 g/mol. The predicted molar refractivity (Wildman–Crippen MR) is 64.8 cm³/mol. The number of ether oxygens (including phenoxy) is 1. The molecule has 0 fully saturated rings. The molecule has 0 saturated heterocycles. The fourth-order valence-electron chi connectivity index (χ4n) is 1.41. The van der Waals surface area contributed by atoms with Gasteiger partial charge in [-0.05, 0) is 6.07 Å². The van der Waals surface area contributed by atoms with Crippen molar-refractivity contribution in [2.45, 2.75) is 6.10 Å². The quantitative estimate of drug-likeness (QED) is 0.802. The fraction of sp³-hybridized carbons (Fsp3) is 0.500. The zero-order valence-corrected chi connectivity index (χ0v) is 10.1. The van der Waals surface area contributed by atoms with Gasteiger partial charge in [0.2, 0.25) is 0 Å². The average molecular weight is 246 g/mol. The van der Waals surface area contributed by atoms with Crippen LogP contribution in [-0.4, -0.2) is 43.5 Å². The molecule has 0 aliphatic carbocycles. The molecule has 3 N–H and O–H groups in total. The van der Waals surface area contributed by atoms with Crippen LogP contribution in [0.15, 0.2) is 12.3 Å². The van der Waals surface area contributed by atoms with Crippen molar-refractivity contribution < 1.29 is 9.84 Å². The van der Waals surface area contributed by atoms with Crippen LogP contribution in [0.5, 0.6) is 0 Å². The number of rotatable bonds is 5. The average Bonchev–Trinajstić information content (AvgIpc) is 2.17. The Balaban J connectivity index is 2.69. The van der Waals surface area contributed by atoms with E-state index in [0.717, 1.165) is 0 Å². The topological polar surface area (TPSA) is 71.6 Å². The van der Waals surface area contributed by atoms with Crippen molar-refractivity contribution in [2.24, 2.45) is 0 Å². The molecule has 90 valence electrons. The monoisotopic (exact) mass is 245 g/mol. The SMILES string of the molecule is COCC(O)CN(C)c1ncc(Cl)cc1N. The first-order chi connectivity index (χ1) is 7.54. The van der Waals surface area contributed by atoms with E-state index in [1.807, 2.05) is 0 Å². The van der Waals surface area contributed by atoms with Crippen molar-refractivity contribution in [3.05, 3.63) is 17.3 Å². The predicted octanol–water partition coefficient (Wildman–Crippen LogP) is 0.761. The Labute approximate surface area is 99.8 Å². The molecule has 1 atom stereocenters. The van der Waals surface area contributed by atoms with Gasteiger partial charge in [-0.25, -0.2) is 4.98 Å². The molecule has 1 aromatic rings. The molecule has 1 heterocycles. The summed E-state index contributed by atoms with van der Waals surface area (Å²) in [5.41, 5.74) is 6.26. The highest BCUT2D eigenvalue weighted by Crippen LogP contribution is 2.22. The van der Waals surface area contributed by atoms with Crippen molar-refractivity contribution in [2.75, 3.05) is 37.9 Å². The van der Waals surface area contributed by atoms with Crippen LogP contribution in [0.1, 0.15) is 0 Å². The molecular formula is C10H16ClN3O2. The Morgan fingerprint density at radius 3 is 2.94 bits per heavy atom. The summed E-state index contributed by atoms with van der Waals surface area (Å²) >= 11 is 5.75. The van der Waals surface area contributed by atoms with Gasteiger partial charge in [0.1, 0.15) is 0 Å². The van der Waals surface area contributed by atoms with Crippen LogP contribution in [0.4, 0.5) is 11.5 Å². The van der Waals surface area contributed by atoms with Crippen molar-refractivity contribution in [1.82, 2.24) is 4.98 Å². The van der Waals surface area contributed by atoms with Gasteiger partial charge in [0.05, 0.1) is 23.4 Å². The smallest absolute Gasteiger partial charge is 0.151 e. The lowest BCUT2D eigenvalue weighted by Gasteiger charge is -2.22. The molecule has 0 aliphatic heterocycles. The second kappa shape index (κ2) is 5.89. The molecule has 0 amide bonds. The fourth-order valence-corrected chi connectivity index (χ4v) is 1.58. The summed E-state index contributed by atoms with van der Waals surface area (Å²) in [5, 5.41) is 10.1. The molecule has 16 heavy (non-hydrogen) atoms. The van der Waals surface area contributed by atoms with Crippen LogP contribution >= 0.6 is 11.6 Å². The minimum Gasteiger partial charge on any atom is -0.396 e. The lowest BCUT2D eigenvalue weighted by molar-refractivity contribution is 0.0694. The Morgan fingerprint density at radius 1 is 1.69 bits per heavy atom. The number of nitrogens with two attached hydrogens (primary N) is 1. The van der Waals surface area contributed by atoms with Crippen LogP contribution in [0, 0.1) is 0 Å². The van der Waals surface area contributed by atoms with E-state index in [-0.39, 0.29) is 6.61 Å². The summed E-state index contributed by atoms with van der Waals surface area (Å²) in [6.45, 7) is 0.671. The molecule has 0 aliphatic rings. The number of likely N-dealkylation sites (N-methyl/N-ethyl adjacent to an activating group) is 1. The Morgan fingerprint density at radius 2 is 2.38 bits per heavy atom. The maximum atomic E-state index is 9.57. The van der Waals surface area contributed by atoms with Crippen LogP contribution in [-0.2, 0) is 4.74 Å². The molecule has 0 bridgehead atoms. The summed E-state index contributed by atoms with van der Waals surface area (Å²) in [4.78, 5) is 5.87. The number of aliphatic hydroxyl groups excluding tert-OH is 1. The number of hydrogen-bond donors (Lipinski definition) is 2. The Hall–Kier alpha value is -1.04. The van der Waals surface area contributed by atoms with Crippen molar-refractivity contribution >= 4 is 23.1 Å². The molecule has 1 unspecified atom stereocenters. The number of hydrogen-bond acceptors (Lipinski definition) is 5. The molecule has 0 aromatic carbocycles. The van der Waals surface area contributed by atoms with Crippen molar-refractivity contribution in [3.8, 4) is 0 Å². The van der Waals surface area contributed by atoms with Crippen LogP contribution in [0.25, 0.3) is 0 Å². The van der Waals surface area contributed by atoms with Gasteiger partial charge in [0, 0.05) is 26.9 Å². The van der Waals surface area contributed by atoms with Gasteiger partial charge in [-0.1, -0.05) is 11.6 Å². The zero-order valence-electron chi connectivity index (χ0n) is 9.35. The van der Waals surface area contributed by atoms with E-state index >= 15 is 0 Å². The van der Waals surface area contributed by atoms with E-state index in [0.29, 0.717) is 23.1 Å². The molecule has 5 nitrogen and oxygen atoms in total. The Kier molecular flexibility index (Phi) is 4.79. The first kappa shape index (κ1) is 13.0. The molecule has 1 rings (SSSR count). The van der Waals surface area contributed by atoms with E-state index in [2.05, 4.69) is 4.98 Å². The number of aromatic nitrogens is 1. The maximum Gasteiger partial charge on any atom is 0.151 e. The van der Waals surface area contributed by atoms with Gasteiger partial charge in [-0.2, -0.15) is 0 Å². The zero-order chi connectivity index (χ0) is 12.1. The molecule has 6 heteroatoms. The van der Waals surface area contributed by atoms with E-state index in [4.69, 9.17) is 22.1 Å². The van der Waals surface area contributed by atoms with Crippen LogP contribution in [0.3, 0.4) is 0 Å². The van der Waals surface area contributed by atoms with E-state index in [1.54, 1.807) is 18.0 Å². The third-order valence-corrected chi connectivity index (χ3v) is 2.27. The van der Waals surface area contributed by atoms with Gasteiger partial charge < -0.3 is 20.5 Å². The van der Waals surface area contributed by atoms with Gasteiger partial charge in [-0.15, -0.1) is 0 Å². The highest BCUT2D eigenvalue weighted by atomic mass is 35.5. The third kappa shape index (κ3) is 3.52. The van der Waals surface area contributed by atoms with E-state index in [1.165, 1.54) is 13.3 Å². The minimum absolute atomic E-state index is 0.276. The van der Waals surface area contributed by atoms with E-state index in [9.17, 15) is 5.11 Å². The number of aliphatic hydroxyl groups is 1. The number of nitrogen functional groups attached to an aromatic ring is 1. The number of methoxy groups -OCH3 is 1. The molecule has 0 spiro atoms. The standard InChI is InChI=1S/C10H16ClN3O2/c1-14(5-8(15)6-16-2)10-9(12)3-7(11)4-13-10/h3-4,8,15H,5-6,12H2,1-2H3. The number of halogens is 1. The first-order valence-electron chi connectivity index (χ1n) is 4.83. The van der Waals surface area contributed by atoms with Gasteiger partial charge in [0.15, 0.2) is 5.82 Å².